The van der Waals surface area contributed by atoms with Crippen LogP contribution in [0.15, 0.2) is 71.8 Å². The van der Waals surface area contributed by atoms with Crippen LogP contribution < -0.4 is 39.8 Å². The Kier molecular flexibility index (Phi) is 6.79. The van der Waals surface area contributed by atoms with Gasteiger partial charge in [0.1, 0.15) is 29.8 Å². The lowest BCUT2D eigenvalue weighted by molar-refractivity contribution is -0.671. The van der Waals surface area contributed by atoms with E-state index >= 15 is 0 Å². The summed E-state index contributed by atoms with van der Waals surface area (Å²) < 4.78 is 3.39. The Morgan fingerprint density at radius 2 is 1.52 bits per heavy atom. The number of halogens is 1. The molecule has 4 aromatic rings. The van der Waals surface area contributed by atoms with E-state index in [2.05, 4.69) is 5.10 Å². The second-order valence-corrected chi connectivity index (χ2v) is 7.37. The molecule has 0 saturated carbocycles. The van der Waals surface area contributed by atoms with Gasteiger partial charge in [0.15, 0.2) is 18.2 Å². The molecule has 0 aliphatic rings. The highest BCUT2D eigenvalue weighted by atomic mass is 127. The third kappa shape index (κ3) is 4.63. The molecule has 0 atom stereocenters. The molecule has 3 heterocycles. The minimum atomic E-state index is -0.158. The van der Waals surface area contributed by atoms with Gasteiger partial charge in [-0.05, 0) is 19.9 Å². The van der Waals surface area contributed by atoms with Crippen LogP contribution in [0.5, 0.6) is 0 Å². The van der Waals surface area contributed by atoms with Gasteiger partial charge in [0, 0.05) is 29.3 Å². The van der Waals surface area contributed by atoms with Crippen LogP contribution in [0.3, 0.4) is 0 Å². The van der Waals surface area contributed by atoms with Crippen molar-refractivity contribution in [1.29, 1.82) is 0 Å². The van der Waals surface area contributed by atoms with Crippen molar-refractivity contribution in [3.05, 3.63) is 77.3 Å². The number of hydrogen-bond acceptors (Lipinski definition) is 5. The van der Waals surface area contributed by atoms with Crippen molar-refractivity contribution in [3.63, 3.8) is 0 Å². The number of nitrogens with zero attached hydrogens (tertiary/aromatic N) is 5. The van der Waals surface area contributed by atoms with Crippen molar-refractivity contribution in [2.45, 2.75) is 19.9 Å². The van der Waals surface area contributed by atoms with Gasteiger partial charge in [-0.15, -0.1) is 0 Å². The first kappa shape index (κ1) is 22.5. The monoisotopic (exact) mass is 526 g/mol. The summed E-state index contributed by atoms with van der Waals surface area (Å²) in [5.74, 6) is 0.337. The summed E-state index contributed by atoms with van der Waals surface area (Å²) in [7, 11) is 1.95. The van der Waals surface area contributed by atoms with E-state index in [4.69, 9.17) is 15.7 Å². The second kappa shape index (κ2) is 9.34. The minimum Gasteiger partial charge on any atom is -1.00 e. The smallest absolute Gasteiger partial charge is 0.267 e. The zero-order valence-electron chi connectivity index (χ0n) is 17.5. The molecule has 0 aliphatic carbocycles. The Morgan fingerprint density at radius 3 is 2.16 bits per heavy atom. The molecule has 31 heavy (non-hydrogen) atoms. The molecule has 7 nitrogen and oxygen atoms in total. The molecule has 8 heteroatoms. The van der Waals surface area contributed by atoms with Crippen LogP contribution in [0, 0.1) is 0 Å². The summed E-state index contributed by atoms with van der Waals surface area (Å²) in [4.78, 5) is 21.8. The number of anilines is 1. The summed E-state index contributed by atoms with van der Waals surface area (Å²) in [6, 6.07) is 16.7. The average Bonchev–Trinajstić information content (AvgIpc) is 2.75. The van der Waals surface area contributed by atoms with E-state index in [9.17, 15) is 4.79 Å². The highest BCUT2D eigenvalue weighted by Gasteiger charge is 2.19. The molecule has 0 bridgehead atoms. The van der Waals surface area contributed by atoms with E-state index in [0.29, 0.717) is 28.6 Å². The molecule has 1 aromatic carbocycles. The quantitative estimate of drug-likeness (QED) is 0.300. The molecule has 0 radical (unpaired) electrons. The fourth-order valence-corrected chi connectivity index (χ4v) is 3.22. The highest BCUT2D eigenvalue weighted by Crippen LogP contribution is 2.32. The number of nitrogens with two attached hydrogens (primary N) is 1. The summed E-state index contributed by atoms with van der Waals surface area (Å²) in [5, 5.41) is 4.56. The summed E-state index contributed by atoms with van der Waals surface area (Å²) in [6.45, 7) is 3.83. The largest absolute Gasteiger partial charge is 1.00 e. The van der Waals surface area contributed by atoms with Crippen LogP contribution in [0.25, 0.3) is 33.9 Å². The van der Waals surface area contributed by atoms with Crippen molar-refractivity contribution >= 4 is 5.82 Å². The van der Waals surface area contributed by atoms with Gasteiger partial charge in [-0.1, -0.05) is 30.3 Å². The first-order valence-corrected chi connectivity index (χ1v) is 9.73. The van der Waals surface area contributed by atoms with Gasteiger partial charge in [0.05, 0.1) is 6.04 Å². The second-order valence-electron chi connectivity index (χ2n) is 7.37. The molecule has 4 rings (SSSR count). The van der Waals surface area contributed by atoms with Crippen LogP contribution in [-0.4, -0.2) is 19.7 Å². The van der Waals surface area contributed by atoms with Crippen molar-refractivity contribution in [2.24, 2.45) is 7.05 Å². The lowest BCUT2D eigenvalue weighted by atomic mass is 10.1. The van der Waals surface area contributed by atoms with Crippen molar-refractivity contribution in [1.82, 2.24) is 19.7 Å². The number of nitrogen functional groups attached to an aromatic ring is 1. The molecule has 158 valence electrons. The van der Waals surface area contributed by atoms with Crippen LogP contribution >= 0.6 is 0 Å². The lowest BCUT2D eigenvalue weighted by Gasteiger charge is -2.14. The first-order chi connectivity index (χ1) is 14.4. The lowest BCUT2D eigenvalue weighted by Crippen LogP contribution is -3.00. The Labute approximate surface area is 197 Å². The Morgan fingerprint density at radius 1 is 0.871 bits per heavy atom. The number of aromatic nitrogens is 5. The maximum atomic E-state index is 12.2. The Balaban J connectivity index is 0.00000272. The van der Waals surface area contributed by atoms with Crippen LogP contribution in [0.2, 0.25) is 0 Å². The minimum absolute atomic E-state index is 0. The first-order valence-electron chi connectivity index (χ1n) is 9.73. The zero-order chi connectivity index (χ0) is 21.3. The molecule has 0 aliphatic heterocycles. The van der Waals surface area contributed by atoms with Gasteiger partial charge >= 0.3 is 0 Å². The molecule has 0 fully saturated rings. The summed E-state index contributed by atoms with van der Waals surface area (Å²) in [5.41, 5.74) is 10.2. The van der Waals surface area contributed by atoms with E-state index < -0.39 is 0 Å². The van der Waals surface area contributed by atoms with Crippen LogP contribution in [0.1, 0.15) is 19.9 Å². The third-order valence-electron chi connectivity index (χ3n) is 4.78. The number of aryl methyl sites for hydroxylation is 1. The molecule has 3 aromatic heterocycles. The summed E-state index contributed by atoms with van der Waals surface area (Å²) in [6.07, 6.45) is 3.86. The van der Waals surface area contributed by atoms with Crippen LogP contribution in [0.4, 0.5) is 5.82 Å². The molecule has 0 saturated heterocycles. The highest BCUT2D eigenvalue weighted by molar-refractivity contribution is 5.81. The Hall–Kier alpha value is -3.14. The number of hydrogen-bond donors (Lipinski definition) is 1. The van der Waals surface area contributed by atoms with Crippen molar-refractivity contribution in [2.75, 3.05) is 5.73 Å². The maximum Gasteiger partial charge on any atom is 0.267 e. The molecule has 2 N–H and O–H groups in total. The van der Waals surface area contributed by atoms with Gasteiger partial charge in [-0.3, -0.25) is 4.79 Å². The van der Waals surface area contributed by atoms with Gasteiger partial charge in [-0.25, -0.2) is 19.2 Å². The molecular formula is C23H23IN6O. The van der Waals surface area contributed by atoms with E-state index in [1.165, 1.54) is 10.7 Å². The fraction of sp³-hybridized carbons (Fsp3) is 0.174. The van der Waals surface area contributed by atoms with Gasteiger partial charge in [0.25, 0.3) is 5.56 Å². The predicted molar refractivity (Wildman–Crippen MR) is 116 cm³/mol. The van der Waals surface area contributed by atoms with Gasteiger partial charge in [0.2, 0.25) is 0 Å². The van der Waals surface area contributed by atoms with E-state index in [1.807, 2.05) is 80.3 Å². The molecule has 0 amide bonds. The normalized spacial score (nSPS) is 10.7. The van der Waals surface area contributed by atoms with Crippen molar-refractivity contribution < 1.29 is 28.5 Å². The maximum absolute atomic E-state index is 12.2. The number of pyridine rings is 1. The topological polar surface area (TPSA) is 90.6 Å². The standard InChI is InChI=1S/C23H22N6O.HI/c1-15(2)29-19(30)10-9-18(27-29)22-20(16-7-5-4-6-8-16)26-23(24)21(25-22)17-11-13-28(3)14-12-17;/h4-15,24H,1-3H3;1H. The SMILES string of the molecule is CC(C)n1nc(-c2nc(-c3cc[n+](C)cc3)c(N)nc2-c2ccccc2)ccc1=O.[I-]. The van der Waals surface area contributed by atoms with E-state index in [0.717, 1.165) is 11.1 Å². The number of benzene rings is 1. The van der Waals surface area contributed by atoms with Gasteiger partial charge in [-0.2, -0.15) is 5.10 Å². The molecular weight excluding hydrogens is 503 g/mol. The van der Waals surface area contributed by atoms with Gasteiger partial charge < -0.3 is 29.7 Å². The van der Waals surface area contributed by atoms with Crippen LogP contribution in [-0.2, 0) is 7.05 Å². The van der Waals surface area contributed by atoms with Crippen molar-refractivity contribution in [3.8, 4) is 33.9 Å². The Bertz CT molecular complexity index is 1250. The zero-order valence-corrected chi connectivity index (χ0v) is 19.7. The fourth-order valence-electron chi connectivity index (χ4n) is 3.22. The average molecular weight is 526 g/mol. The number of rotatable bonds is 4. The van der Waals surface area contributed by atoms with E-state index in [1.54, 1.807) is 6.07 Å². The molecule has 0 unspecified atom stereocenters. The predicted octanol–water partition coefficient (Wildman–Crippen LogP) is 0.0259. The summed E-state index contributed by atoms with van der Waals surface area (Å²) >= 11 is 0. The third-order valence-corrected chi connectivity index (χ3v) is 4.78. The molecule has 0 spiro atoms. The van der Waals surface area contributed by atoms with E-state index in [-0.39, 0.29) is 35.6 Å².